The fourth-order valence-electron chi connectivity index (χ4n) is 2.34. The average molecular weight is 299 g/mol. The van der Waals surface area contributed by atoms with Gasteiger partial charge in [-0.2, -0.15) is 0 Å². The van der Waals surface area contributed by atoms with Crippen LogP contribution in [0.15, 0.2) is 22.8 Å². The molecule has 0 spiro atoms. The van der Waals surface area contributed by atoms with Crippen LogP contribution in [0.5, 0.6) is 0 Å². The number of rotatable bonds is 3. The molecule has 0 bridgehead atoms. The number of hydrogen-bond acceptors (Lipinski definition) is 3. The van der Waals surface area contributed by atoms with Crippen LogP contribution < -0.4 is 0 Å². The minimum absolute atomic E-state index is 0.00755. The lowest BCUT2D eigenvalue weighted by atomic mass is 9.94. The molecule has 3 nitrogen and oxygen atoms in total. The first-order valence-electron chi connectivity index (χ1n) is 5.99. The van der Waals surface area contributed by atoms with E-state index < -0.39 is 0 Å². The van der Waals surface area contributed by atoms with E-state index in [0.29, 0.717) is 0 Å². The molecule has 0 aromatic carbocycles. The van der Waals surface area contributed by atoms with Crippen LogP contribution in [0, 0.1) is 0 Å². The monoisotopic (exact) mass is 298 g/mol. The summed E-state index contributed by atoms with van der Waals surface area (Å²) in [5.74, 6) is 0. The highest BCUT2D eigenvalue weighted by Gasteiger charge is 2.30. The van der Waals surface area contributed by atoms with E-state index in [1.54, 1.807) is 7.11 Å². The van der Waals surface area contributed by atoms with Crippen LogP contribution in [0.25, 0.3) is 0 Å². The summed E-state index contributed by atoms with van der Waals surface area (Å²) in [7, 11) is 1.81. The van der Waals surface area contributed by atoms with Crippen LogP contribution in [0.2, 0.25) is 0 Å². The average Bonchev–Trinajstić information content (AvgIpc) is 2.32. The van der Waals surface area contributed by atoms with E-state index in [1.807, 2.05) is 12.3 Å². The molecule has 1 aromatic rings. The molecule has 94 valence electrons. The molecule has 2 rings (SSSR count). The minimum atomic E-state index is 0.00755. The molecule has 4 heteroatoms. The summed E-state index contributed by atoms with van der Waals surface area (Å²) >= 11 is 3.40. The Labute approximate surface area is 111 Å². The van der Waals surface area contributed by atoms with Crippen LogP contribution in [0.3, 0.4) is 0 Å². The lowest BCUT2D eigenvalue weighted by Crippen LogP contribution is -2.46. The Balaban J connectivity index is 1.97. The van der Waals surface area contributed by atoms with E-state index in [2.05, 4.69) is 38.8 Å². The van der Waals surface area contributed by atoms with E-state index in [-0.39, 0.29) is 5.60 Å². The molecule has 2 heterocycles. The van der Waals surface area contributed by atoms with Crippen LogP contribution in [-0.2, 0) is 11.3 Å². The van der Waals surface area contributed by atoms with Gasteiger partial charge in [0.25, 0.3) is 0 Å². The summed E-state index contributed by atoms with van der Waals surface area (Å²) in [6.45, 7) is 5.22. The van der Waals surface area contributed by atoms with Crippen LogP contribution in [-0.4, -0.2) is 35.7 Å². The van der Waals surface area contributed by atoms with Gasteiger partial charge in [0.1, 0.15) is 0 Å². The zero-order chi connectivity index (χ0) is 12.3. The van der Waals surface area contributed by atoms with E-state index in [1.165, 1.54) is 6.42 Å². The lowest BCUT2D eigenvalue weighted by molar-refractivity contribution is -0.0529. The highest BCUT2D eigenvalue weighted by atomic mass is 79.9. The molecular formula is C13H19BrN2O. The molecule has 0 aliphatic carbocycles. The normalized spacial score (nSPS) is 26.1. The van der Waals surface area contributed by atoms with Gasteiger partial charge in [-0.3, -0.25) is 9.88 Å². The number of piperidine rings is 1. The van der Waals surface area contributed by atoms with Crippen molar-refractivity contribution in [2.45, 2.75) is 31.9 Å². The number of methoxy groups -OCH3 is 1. The van der Waals surface area contributed by atoms with Gasteiger partial charge in [0, 0.05) is 30.9 Å². The Morgan fingerprint density at radius 1 is 1.53 bits per heavy atom. The van der Waals surface area contributed by atoms with Crippen LogP contribution >= 0.6 is 15.9 Å². The fraction of sp³-hybridized carbons (Fsp3) is 0.615. The Kier molecular flexibility index (Phi) is 4.17. The van der Waals surface area contributed by atoms with Crippen LogP contribution in [0.4, 0.5) is 0 Å². The first-order chi connectivity index (χ1) is 8.11. The lowest BCUT2D eigenvalue weighted by Gasteiger charge is -2.39. The molecule has 1 unspecified atom stereocenters. The molecule has 0 saturated carbocycles. The Bertz CT molecular complexity index is 368. The summed E-state index contributed by atoms with van der Waals surface area (Å²) in [4.78, 5) is 6.84. The molecule has 1 aliphatic rings. The number of likely N-dealkylation sites (tertiary alicyclic amines) is 1. The van der Waals surface area contributed by atoms with Gasteiger partial charge in [-0.25, -0.2) is 0 Å². The molecule has 17 heavy (non-hydrogen) atoms. The third-order valence-corrected chi connectivity index (χ3v) is 3.87. The van der Waals surface area contributed by atoms with Crippen molar-refractivity contribution < 1.29 is 4.74 Å². The summed E-state index contributed by atoms with van der Waals surface area (Å²) in [5, 5.41) is 0. The first kappa shape index (κ1) is 13.0. The number of hydrogen-bond donors (Lipinski definition) is 0. The molecule has 1 aliphatic heterocycles. The zero-order valence-electron chi connectivity index (χ0n) is 10.4. The number of nitrogens with zero attached hydrogens (tertiary/aromatic N) is 2. The van der Waals surface area contributed by atoms with Gasteiger partial charge in [0.2, 0.25) is 0 Å². The van der Waals surface area contributed by atoms with Gasteiger partial charge >= 0.3 is 0 Å². The maximum atomic E-state index is 5.60. The predicted octanol–water partition coefficient (Wildman–Crippen LogP) is 2.85. The van der Waals surface area contributed by atoms with Crippen molar-refractivity contribution in [3.05, 3.63) is 28.5 Å². The van der Waals surface area contributed by atoms with Crippen molar-refractivity contribution in [3.63, 3.8) is 0 Å². The Morgan fingerprint density at radius 3 is 3.00 bits per heavy atom. The second kappa shape index (κ2) is 5.46. The van der Waals surface area contributed by atoms with E-state index in [4.69, 9.17) is 4.74 Å². The Morgan fingerprint density at radius 2 is 2.35 bits per heavy atom. The second-order valence-electron chi connectivity index (χ2n) is 4.94. The fourth-order valence-corrected chi connectivity index (χ4v) is 2.57. The summed E-state index contributed by atoms with van der Waals surface area (Å²) in [6, 6.07) is 4.12. The smallest absolute Gasteiger partial charge is 0.0777 e. The highest BCUT2D eigenvalue weighted by molar-refractivity contribution is 9.10. The molecule has 0 amide bonds. The van der Waals surface area contributed by atoms with Gasteiger partial charge in [-0.15, -0.1) is 0 Å². The van der Waals surface area contributed by atoms with Gasteiger partial charge < -0.3 is 4.74 Å². The van der Waals surface area contributed by atoms with Crippen molar-refractivity contribution in [2.75, 3.05) is 20.2 Å². The molecule has 1 saturated heterocycles. The SMILES string of the molecule is COC1(C)CCCN(Cc2ccc(Br)cn2)C1. The quantitative estimate of drug-likeness (QED) is 0.858. The topological polar surface area (TPSA) is 25.4 Å². The molecule has 1 atom stereocenters. The van der Waals surface area contributed by atoms with Crippen molar-refractivity contribution in [3.8, 4) is 0 Å². The summed E-state index contributed by atoms with van der Waals surface area (Å²) in [6.07, 6.45) is 4.20. The highest BCUT2D eigenvalue weighted by Crippen LogP contribution is 2.24. The predicted molar refractivity (Wildman–Crippen MR) is 71.9 cm³/mol. The maximum Gasteiger partial charge on any atom is 0.0777 e. The van der Waals surface area contributed by atoms with Crippen molar-refractivity contribution in [1.82, 2.24) is 9.88 Å². The molecule has 1 aromatic heterocycles. The number of halogens is 1. The van der Waals surface area contributed by atoms with E-state index in [0.717, 1.165) is 36.2 Å². The van der Waals surface area contributed by atoms with Crippen LogP contribution in [0.1, 0.15) is 25.5 Å². The summed E-state index contributed by atoms with van der Waals surface area (Å²) < 4.78 is 6.63. The first-order valence-corrected chi connectivity index (χ1v) is 6.78. The molecule has 0 radical (unpaired) electrons. The largest absolute Gasteiger partial charge is 0.377 e. The second-order valence-corrected chi connectivity index (χ2v) is 5.85. The zero-order valence-corrected chi connectivity index (χ0v) is 12.0. The van der Waals surface area contributed by atoms with E-state index in [9.17, 15) is 0 Å². The van der Waals surface area contributed by atoms with Gasteiger partial charge in [0.15, 0.2) is 0 Å². The van der Waals surface area contributed by atoms with Gasteiger partial charge in [-0.05, 0) is 54.4 Å². The van der Waals surface area contributed by atoms with Crippen molar-refractivity contribution in [1.29, 1.82) is 0 Å². The minimum Gasteiger partial charge on any atom is -0.377 e. The van der Waals surface area contributed by atoms with Crippen molar-refractivity contribution in [2.24, 2.45) is 0 Å². The van der Waals surface area contributed by atoms with E-state index >= 15 is 0 Å². The van der Waals surface area contributed by atoms with Gasteiger partial charge in [-0.1, -0.05) is 0 Å². The third-order valence-electron chi connectivity index (χ3n) is 3.41. The standard InChI is InChI=1S/C13H19BrN2O/c1-13(17-2)6-3-7-16(10-13)9-12-5-4-11(14)8-15-12/h4-5,8H,3,6-7,9-10H2,1-2H3. The third kappa shape index (κ3) is 3.50. The Hall–Kier alpha value is -0.450. The van der Waals surface area contributed by atoms with Gasteiger partial charge in [0.05, 0.1) is 11.3 Å². The maximum absolute atomic E-state index is 5.60. The summed E-state index contributed by atoms with van der Waals surface area (Å²) in [5.41, 5.74) is 1.13. The molecule has 1 fully saturated rings. The molecular weight excluding hydrogens is 280 g/mol. The number of pyridine rings is 1. The molecule has 0 N–H and O–H groups in total. The number of aromatic nitrogens is 1. The van der Waals surface area contributed by atoms with Crippen molar-refractivity contribution >= 4 is 15.9 Å². The number of ether oxygens (including phenoxy) is 1.